The second-order valence-corrected chi connectivity index (χ2v) is 5.22. The van der Waals surface area contributed by atoms with Crippen LogP contribution >= 0.6 is 23.2 Å². The van der Waals surface area contributed by atoms with Crippen LogP contribution in [0.5, 0.6) is 0 Å². The van der Waals surface area contributed by atoms with Gasteiger partial charge in [-0.15, -0.1) is 0 Å². The number of benzene rings is 1. The van der Waals surface area contributed by atoms with Crippen molar-refractivity contribution in [3.8, 4) is 11.5 Å². The fourth-order valence-electron chi connectivity index (χ4n) is 1.84. The molecular weight excluding hydrogens is 311 g/mol. The van der Waals surface area contributed by atoms with Crippen LogP contribution in [0.25, 0.3) is 11.5 Å². The summed E-state index contributed by atoms with van der Waals surface area (Å²) in [6.45, 7) is 0. The molecule has 0 aliphatic carbocycles. The van der Waals surface area contributed by atoms with Crippen molar-refractivity contribution in [2.24, 2.45) is 0 Å². The van der Waals surface area contributed by atoms with E-state index in [4.69, 9.17) is 33.5 Å². The number of aromatic nitrogens is 3. The Labute approximate surface area is 130 Å². The van der Waals surface area contributed by atoms with Crippen molar-refractivity contribution in [1.82, 2.24) is 15.1 Å². The van der Waals surface area contributed by atoms with Crippen molar-refractivity contribution in [2.75, 3.05) is 5.73 Å². The minimum atomic E-state index is 0.331. The minimum absolute atomic E-state index is 0.331. The third-order valence-corrected chi connectivity index (χ3v) is 3.50. The summed E-state index contributed by atoms with van der Waals surface area (Å²) >= 11 is 12.0. The number of hydrogen-bond acceptors (Lipinski definition) is 5. The van der Waals surface area contributed by atoms with Gasteiger partial charge >= 0.3 is 0 Å². The van der Waals surface area contributed by atoms with Gasteiger partial charge in [0, 0.05) is 24.4 Å². The Morgan fingerprint density at radius 1 is 1.19 bits per heavy atom. The molecule has 3 aromatic rings. The Kier molecular flexibility index (Phi) is 3.77. The molecular formula is C14H10Cl2N4O. The molecule has 106 valence electrons. The van der Waals surface area contributed by atoms with Gasteiger partial charge in [-0.3, -0.25) is 4.98 Å². The van der Waals surface area contributed by atoms with Gasteiger partial charge in [0.1, 0.15) is 0 Å². The molecule has 0 saturated carbocycles. The number of halogens is 2. The molecule has 0 atom stereocenters. The highest BCUT2D eigenvalue weighted by Crippen LogP contribution is 2.32. The van der Waals surface area contributed by atoms with E-state index in [0.29, 0.717) is 39.4 Å². The molecule has 2 N–H and O–H groups in total. The number of pyridine rings is 1. The van der Waals surface area contributed by atoms with E-state index in [-0.39, 0.29) is 0 Å². The topological polar surface area (TPSA) is 77.8 Å². The molecule has 2 heterocycles. The third-order valence-electron chi connectivity index (χ3n) is 2.88. The van der Waals surface area contributed by atoms with Crippen molar-refractivity contribution < 1.29 is 4.52 Å². The van der Waals surface area contributed by atoms with Gasteiger partial charge in [-0.2, -0.15) is 4.98 Å². The number of nitrogens with zero attached hydrogens (tertiary/aromatic N) is 3. The Hall–Kier alpha value is -2.11. The van der Waals surface area contributed by atoms with Crippen molar-refractivity contribution in [3.05, 3.63) is 58.1 Å². The molecule has 2 aromatic heterocycles. The first-order chi connectivity index (χ1) is 10.1. The minimum Gasteiger partial charge on any atom is -0.396 e. The van der Waals surface area contributed by atoms with E-state index < -0.39 is 0 Å². The summed E-state index contributed by atoms with van der Waals surface area (Å²) in [4.78, 5) is 8.37. The lowest BCUT2D eigenvalue weighted by Gasteiger charge is -2.02. The van der Waals surface area contributed by atoms with Gasteiger partial charge in [0.15, 0.2) is 5.82 Å². The Bertz CT molecular complexity index is 751. The summed E-state index contributed by atoms with van der Waals surface area (Å²) < 4.78 is 5.23. The number of rotatable bonds is 3. The van der Waals surface area contributed by atoms with Crippen LogP contribution in [-0.2, 0) is 6.42 Å². The normalized spacial score (nSPS) is 10.8. The van der Waals surface area contributed by atoms with E-state index in [1.807, 2.05) is 12.1 Å². The smallest absolute Gasteiger partial charge is 0.258 e. The van der Waals surface area contributed by atoms with Crippen LogP contribution < -0.4 is 5.73 Å². The van der Waals surface area contributed by atoms with E-state index in [2.05, 4.69) is 15.1 Å². The largest absolute Gasteiger partial charge is 0.396 e. The maximum atomic E-state index is 6.00. The Morgan fingerprint density at radius 2 is 1.95 bits per heavy atom. The van der Waals surface area contributed by atoms with Crippen LogP contribution in [0.15, 0.2) is 41.2 Å². The molecule has 0 aliphatic heterocycles. The molecule has 0 saturated heterocycles. The fraction of sp³-hybridized carbons (Fsp3) is 0.0714. The van der Waals surface area contributed by atoms with Gasteiger partial charge in [-0.25, -0.2) is 0 Å². The third kappa shape index (κ3) is 2.99. The molecule has 1 aromatic carbocycles. The lowest BCUT2D eigenvalue weighted by atomic mass is 10.2. The summed E-state index contributed by atoms with van der Waals surface area (Å²) in [5, 5.41) is 4.64. The maximum absolute atomic E-state index is 6.00. The molecule has 0 unspecified atom stereocenters. The Balaban J connectivity index is 1.88. The number of nitrogens with two attached hydrogens (primary N) is 1. The van der Waals surface area contributed by atoms with Crippen LogP contribution in [0.4, 0.5) is 5.69 Å². The van der Waals surface area contributed by atoms with E-state index in [1.165, 1.54) is 0 Å². The van der Waals surface area contributed by atoms with Crippen molar-refractivity contribution in [3.63, 3.8) is 0 Å². The van der Waals surface area contributed by atoms with Crippen molar-refractivity contribution in [1.29, 1.82) is 0 Å². The highest BCUT2D eigenvalue weighted by Gasteiger charge is 2.13. The number of anilines is 1. The molecule has 0 fully saturated rings. The second kappa shape index (κ2) is 5.71. The zero-order chi connectivity index (χ0) is 14.8. The Morgan fingerprint density at radius 3 is 2.62 bits per heavy atom. The van der Waals surface area contributed by atoms with E-state index in [0.717, 1.165) is 5.56 Å². The lowest BCUT2D eigenvalue weighted by Crippen LogP contribution is -1.92. The summed E-state index contributed by atoms with van der Waals surface area (Å²) in [7, 11) is 0. The average molecular weight is 321 g/mol. The van der Waals surface area contributed by atoms with Crippen LogP contribution in [-0.4, -0.2) is 15.1 Å². The molecule has 0 amide bonds. The molecule has 0 aliphatic rings. The molecule has 5 nitrogen and oxygen atoms in total. The first-order valence-electron chi connectivity index (χ1n) is 6.10. The first-order valence-corrected chi connectivity index (χ1v) is 6.85. The average Bonchev–Trinajstić information content (AvgIpc) is 2.94. The van der Waals surface area contributed by atoms with Gasteiger partial charge in [-0.1, -0.05) is 34.4 Å². The van der Waals surface area contributed by atoms with E-state index in [1.54, 1.807) is 24.5 Å². The lowest BCUT2D eigenvalue weighted by molar-refractivity contribution is 0.424. The van der Waals surface area contributed by atoms with Gasteiger partial charge in [0.05, 0.1) is 15.7 Å². The second-order valence-electron chi connectivity index (χ2n) is 4.41. The summed E-state index contributed by atoms with van der Waals surface area (Å²) in [6.07, 6.45) is 4.00. The number of nitrogen functional groups attached to an aromatic ring is 1. The van der Waals surface area contributed by atoms with Crippen LogP contribution in [0.2, 0.25) is 10.0 Å². The first kappa shape index (κ1) is 13.9. The standard InChI is InChI=1S/C14H10Cl2N4O/c15-10-5-9(6-11(16)13(10)17)14-19-12(20-21-14)4-8-2-1-3-18-7-8/h1-3,5-7H,4,17H2. The van der Waals surface area contributed by atoms with Gasteiger partial charge < -0.3 is 10.3 Å². The molecule has 0 bridgehead atoms. The molecule has 21 heavy (non-hydrogen) atoms. The summed E-state index contributed by atoms with van der Waals surface area (Å²) in [5.74, 6) is 0.903. The highest BCUT2D eigenvalue weighted by atomic mass is 35.5. The molecule has 0 radical (unpaired) electrons. The van der Waals surface area contributed by atoms with Crippen LogP contribution in [0.3, 0.4) is 0 Å². The predicted octanol–water partition coefficient (Wildman–Crippen LogP) is 3.61. The van der Waals surface area contributed by atoms with Crippen LogP contribution in [0.1, 0.15) is 11.4 Å². The predicted molar refractivity (Wildman–Crippen MR) is 81.2 cm³/mol. The van der Waals surface area contributed by atoms with Gasteiger partial charge in [0.25, 0.3) is 5.89 Å². The fourth-order valence-corrected chi connectivity index (χ4v) is 2.32. The van der Waals surface area contributed by atoms with Gasteiger partial charge in [0.2, 0.25) is 0 Å². The maximum Gasteiger partial charge on any atom is 0.258 e. The quantitative estimate of drug-likeness (QED) is 0.746. The van der Waals surface area contributed by atoms with Crippen molar-refractivity contribution in [2.45, 2.75) is 6.42 Å². The molecule has 0 spiro atoms. The highest BCUT2D eigenvalue weighted by molar-refractivity contribution is 6.39. The van der Waals surface area contributed by atoms with Crippen LogP contribution in [0, 0.1) is 0 Å². The monoisotopic (exact) mass is 320 g/mol. The molecule has 3 rings (SSSR count). The van der Waals surface area contributed by atoms with E-state index in [9.17, 15) is 0 Å². The van der Waals surface area contributed by atoms with Crippen molar-refractivity contribution >= 4 is 28.9 Å². The summed E-state index contributed by atoms with van der Waals surface area (Å²) in [5.41, 5.74) is 7.66. The SMILES string of the molecule is Nc1c(Cl)cc(-c2nc(Cc3cccnc3)no2)cc1Cl. The number of hydrogen-bond donors (Lipinski definition) is 1. The molecule has 7 heteroatoms. The zero-order valence-electron chi connectivity index (χ0n) is 10.8. The summed E-state index contributed by atoms with van der Waals surface area (Å²) in [6, 6.07) is 7.09. The zero-order valence-corrected chi connectivity index (χ0v) is 12.3. The van der Waals surface area contributed by atoms with E-state index >= 15 is 0 Å². The van der Waals surface area contributed by atoms with Gasteiger partial charge in [-0.05, 0) is 23.8 Å².